The molecule has 2 heterocycles. The van der Waals surface area contributed by atoms with Crippen LogP contribution in [0.3, 0.4) is 0 Å². The molecular weight excluding hydrogens is 190 g/mol. The monoisotopic (exact) mass is 203 g/mol. The Labute approximate surface area is 88.2 Å². The van der Waals surface area contributed by atoms with Crippen LogP contribution in [0.4, 0.5) is 0 Å². The normalized spacial score (nSPS) is 10.5. The maximum absolute atomic E-state index is 9.13. The minimum atomic E-state index is 0.0389. The van der Waals surface area contributed by atoms with Gasteiger partial charge in [-0.25, -0.2) is 9.97 Å². The van der Waals surface area contributed by atoms with Crippen molar-refractivity contribution >= 4 is 0 Å². The molecule has 0 fully saturated rings. The largest absolute Gasteiger partial charge is 0.392 e. The molecule has 0 radical (unpaired) electrons. The molecule has 0 saturated carbocycles. The minimum absolute atomic E-state index is 0.0389. The third kappa shape index (κ3) is 2.05. The molecule has 0 amide bonds. The minimum Gasteiger partial charge on any atom is -0.392 e. The summed E-state index contributed by atoms with van der Waals surface area (Å²) in [4.78, 5) is 8.42. The molecule has 0 saturated heterocycles. The summed E-state index contributed by atoms with van der Waals surface area (Å²) >= 11 is 0. The van der Waals surface area contributed by atoms with Crippen molar-refractivity contribution in [3.8, 4) is 5.82 Å². The SMILES string of the molecule is CCc1cc(CO)cc(-n2ccnc2)n1. The number of aliphatic hydroxyl groups is 1. The summed E-state index contributed by atoms with van der Waals surface area (Å²) in [7, 11) is 0. The molecule has 0 unspecified atom stereocenters. The Balaban J connectivity index is 2.47. The zero-order valence-electron chi connectivity index (χ0n) is 8.59. The van der Waals surface area contributed by atoms with E-state index in [-0.39, 0.29) is 6.61 Å². The Bertz CT molecular complexity index is 415. The number of aryl methyl sites for hydroxylation is 1. The smallest absolute Gasteiger partial charge is 0.138 e. The molecular formula is C11H13N3O. The molecule has 4 heteroatoms. The zero-order valence-corrected chi connectivity index (χ0v) is 8.59. The molecule has 0 aliphatic heterocycles. The van der Waals surface area contributed by atoms with Gasteiger partial charge >= 0.3 is 0 Å². The predicted molar refractivity (Wildman–Crippen MR) is 56.7 cm³/mol. The lowest BCUT2D eigenvalue weighted by Gasteiger charge is -2.06. The van der Waals surface area contributed by atoms with Crippen molar-refractivity contribution in [1.29, 1.82) is 0 Å². The summed E-state index contributed by atoms with van der Waals surface area (Å²) in [6.07, 6.45) is 6.10. The second-order valence-electron chi connectivity index (χ2n) is 3.31. The van der Waals surface area contributed by atoms with Gasteiger partial charge in [-0.15, -0.1) is 0 Å². The predicted octanol–water partition coefficient (Wildman–Crippen LogP) is 1.32. The van der Waals surface area contributed by atoms with Gasteiger partial charge in [0.25, 0.3) is 0 Å². The number of hydrogen-bond acceptors (Lipinski definition) is 3. The van der Waals surface area contributed by atoms with Crippen molar-refractivity contribution in [2.24, 2.45) is 0 Å². The molecule has 15 heavy (non-hydrogen) atoms. The van der Waals surface area contributed by atoms with E-state index in [9.17, 15) is 0 Å². The van der Waals surface area contributed by atoms with Crippen LogP contribution in [0.1, 0.15) is 18.2 Å². The molecule has 0 aromatic carbocycles. The van der Waals surface area contributed by atoms with E-state index < -0.39 is 0 Å². The maximum atomic E-state index is 9.13. The summed E-state index contributed by atoms with van der Waals surface area (Å²) in [6.45, 7) is 2.08. The van der Waals surface area contributed by atoms with Gasteiger partial charge in [-0.2, -0.15) is 0 Å². The second-order valence-corrected chi connectivity index (χ2v) is 3.31. The molecule has 2 aromatic rings. The van der Waals surface area contributed by atoms with Gasteiger partial charge in [-0.1, -0.05) is 6.92 Å². The zero-order chi connectivity index (χ0) is 10.7. The van der Waals surface area contributed by atoms with Gasteiger partial charge < -0.3 is 5.11 Å². The molecule has 0 atom stereocenters. The van der Waals surface area contributed by atoms with Crippen LogP contribution >= 0.6 is 0 Å². The lowest BCUT2D eigenvalue weighted by Crippen LogP contribution is -2.00. The van der Waals surface area contributed by atoms with Gasteiger partial charge in [0, 0.05) is 18.1 Å². The summed E-state index contributed by atoms with van der Waals surface area (Å²) in [5, 5.41) is 9.13. The van der Waals surface area contributed by atoms with Gasteiger partial charge in [-0.3, -0.25) is 4.57 Å². The van der Waals surface area contributed by atoms with Crippen molar-refractivity contribution in [2.45, 2.75) is 20.0 Å². The van der Waals surface area contributed by atoms with Crippen LogP contribution in [0.25, 0.3) is 5.82 Å². The first-order valence-electron chi connectivity index (χ1n) is 4.92. The van der Waals surface area contributed by atoms with E-state index in [1.807, 2.05) is 29.8 Å². The van der Waals surface area contributed by atoms with Crippen LogP contribution in [0.2, 0.25) is 0 Å². The number of aliphatic hydroxyl groups excluding tert-OH is 1. The fraction of sp³-hybridized carbons (Fsp3) is 0.273. The van der Waals surface area contributed by atoms with Crippen LogP contribution in [0.5, 0.6) is 0 Å². The quantitative estimate of drug-likeness (QED) is 0.818. The number of pyridine rings is 1. The number of rotatable bonds is 3. The number of hydrogen-bond donors (Lipinski definition) is 1. The summed E-state index contributed by atoms with van der Waals surface area (Å²) in [6, 6.07) is 3.78. The Morgan fingerprint density at radius 1 is 1.40 bits per heavy atom. The Morgan fingerprint density at radius 2 is 2.27 bits per heavy atom. The van der Waals surface area contributed by atoms with Crippen LogP contribution in [-0.2, 0) is 13.0 Å². The molecule has 78 valence electrons. The van der Waals surface area contributed by atoms with E-state index in [4.69, 9.17) is 5.11 Å². The highest BCUT2D eigenvalue weighted by Crippen LogP contribution is 2.10. The number of aromatic nitrogens is 3. The number of imidazole rings is 1. The van der Waals surface area contributed by atoms with E-state index in [0.717, 1.165) is 23.5 Å². The van der Waals surface area contributed by atoms with E-state index in [0.29, 0.717) is 0 Å². The van der Waals surface area contributed by atoms with Crippen LogP contribution < -0.4 is 0 Å². The standard InChI is InChI=1S/C11H13N3O/c1-2-10-5-9(7-15)6-11(13-10)14-4-3-12-8-14/h3-6,8,15H,2,7H2,1H3. The average Bonchev–Trinajstić information content (AvgIpc) is 2.81. The molecule has 1 N–H and O–H groups in total. The van der Waals surface area contributed by atoms with Gasteiger partial charge in [-0.05, 0) is 24.1 Å². The first-order valence-corrected chi connectivity index (χ1v) is 4.92. The van der Waals surface area contributed by atoms with Gasteiger partial charge in [0.05, 0.1) is 6.61 Å². The first kappa shape index (κ1) is 9.86. The van der Waals surface area contributed by atoms with Crippen LogP contribution in [0.15, 0.2) is 30.9 Å². The molecule has 0 aliphatic rings. The molecule has 0 bridgehead atoms. The van der Waals surface area contributed by atoms with Crippen molar-refractivity contribution < 1.29 is 5.11 Å². The van der Waals surface area contributed by atoms with Crippen molar-refractivity contribution in [3.63, 3.8) is 0 Å². The third-order valence-corrected chi connectivity index (χ3v) is 2.24. The molecule has 2 aromatic heterocycles. The average molecular weight is 203 g/mol. The van der Waals surface area contributed by atoms with E-state index in [1.54, 1.807) is 12.5 Å². The van der Waals surface area contributed by atoms with E-state index >= 15 is 0 Å². The molecule has 2 rings (SSSR count). The second kappa shape index (κ2) is 4.23. The Kier molecular flexibility index (Phi) is 2.78. The highest BCUT2D eigenvalue weighted by molar-refractivity contribution is 5.30. The lowest BCUT2D eigenvalue weighted by atomic mass is 10.2. The van der Waals surface area contributed by atoms with Gasteiger partial charge in [0.15, 0.2) is 0 Å². The van der Waals surface area contributed by atoms with Gasteiger partial charge in [0.2, 0.25) is 0 Å². The lowest BCUT2D eigenvalue weighted by molar-refractivity contribution is 0.281. The van der Waals surface area contributed by atoms with Crippen molar-refractivity contribution in [3.05, 3.63) is 42.1 Å². The summed E-state index contributed by atoms with van der Waals surface area (Å²) in [5.41, 5.74) is 1.86. The molecule has 4 nitrogen and oxygen atoms in total. The van der Waals surface area contributed by atoms with Crippen molar-refractivity contribution in [1.82, 2.24) is 14.5 Å². The van der Waals surface area contributed by atoms with E-state index in [2.05, 4.69) is 9.97 Å². The Morgan fingerprint density at radius 3 is 2.87 bits per heavy atom. The maximum Gasteiger partial charge on any atom is 0.138 e. The fourth-order valence-electron chi connectivity index (χ4n) is 1.43. The summed E-state index contributed by atoms with van der Waals surface area (Å²) in [5.74, 6) is 0.802. The van der Waals surface area contributed by atoms with Crippen LogP contribution in [0, 0.1) is 0 Å². The summed E-state index contributed by atoms with van der Waals surface area (Å²) < 4.78 is 1.83. The fourth-order valence-corrected chi connectivity index (χ4v) is 1.43. The van der Waals surface area contributed by atoms with Gasteiger partial charge in [0.1, 0.15) is 12.1 Å². The highest BCUT2D eigenvalue weighted by atomic mass is 16.3. The first-order chi connectivity index (χ1) is 7.33. The Hall–Kier alpha value is -1.68. The molecule has 0 spiro atoms. The molecule has 0 aliphatic carbocycles. The topological polar surface area (TPSA) is 50.9 Å². The third-order valence-electron chi connectivity index (χ3n) is 2.24. The van der Waals surface area contributed by atoms with Crippen molar-refractivity contribution in [2.75, 3.05) is 0 Å². The highest BCUT2D eigenvalue weighted by Gasteiger charge is 2.02. The van der Waals surface area contributed by atoms with E-state index in [1.165, 1.54) is 0 Å². The number of nitrogens with zero attached hydrogens (tertiary/aromatic N) is 3. The van der Waals surface area contributed by atoms with Crippen LogP contribution in [-0.4, -0.2) is 19.6 Å².